The van der Waals surface area contributed by atoms with E-state index in [0.29, 0.717) is 0 Å². The quantitative estimate of drug-likeness (QED) is 0.781. The van der Waals surface area contributed by atoms with Crippen molar-refractivity contribution in [2.45, 2.75) is 26.7 Å². The summed E-state index contributed by atoms with van der Waals surface area (Å²) in [7, 11) is 3.96. The van der Waals surface area contributed by atoms with E-state index in [0.717, 1.165) is 30.9 Å². The summed E-state index contributed by atoms with van der Waals surface area (Å²) in [5, 5.41) is 13.0. The van der Waals surface area contributed by atoms with Crippen LogP contribution in [0.5, 0.6) is 0 Å². The molecule has 4 heteroatoms. The Hall–Kier alpha value is -1.29. The highest BCUT2D eigenvalue weighted by Gasteiger charge is 2.25. The number of nitrogens with one attached hydrogen (secondary N) is 1. The van der Waals surface area contributed by atoms with Crippen LogP contribution >= 0.6 is 0 Å². The van der Waals surface area contributed by atoms with Gasteiger partial charge in [-0.2, -0.15) is 0 Å². The normalized spacial score (nSPS) is 11.4. The molecule has 1 aromatic heterocycles. The minimum absolute atomic E-state index is 0.0422. The van der Waals surface area contributed by atoms with Gasteiger partial charge in [0.25, 0.3) is 0 Å². The Bertz CT molecular complexity index is 354. The van der Waals surface area contributed by atoms with Gasteiger partial charge in [-0.3, -0.25) is 0 Å². The number of hydrogen-bond donors (Lipinski definition) is 2. The minimum atomic E-state index is -0.0422. The van der Waals surface area contributed by atoms with E-state index in [1.54, 1.807) is 6.20 Å². The third-order valence-electron chi connectivity index (χ3n) is 3.70. The van der Waals surface area contributed by atoms with Crippen LogP contribution in [0.3, 0.4) is 0 Å². The first-order valence-corrected chi connectivity index (χ1v) is 6.55. The monoisotopic (exact) mass is 251 g/mol. The van der Waals surface area contributed by atoms with E-state index in [1.807, 2.05) is 31.1 Å². The van der Waals surface area contributed by atoms with Gasteiger partial charge in [0.2, 0.25) is 0 Å². The molecule has 0 fully saturated rings. The van der Waals surface area contributed by atoms with Crippen LogP contribution in [-0.4, -0.2) is 37.3 Å². The van der Waals surface area contributed by atoms with Gasteiger partial charge >= 0.3 is 0 Å². The number of anilines is 2. The molecule has 0 saturated heterocycles. The van der Waals surface area contributed by atoms with E-state index in [4.69, 9.17) is 0 Å². The second kappa shape index (κ2) is 6.59. The van der Waals surface area contributed by atoms with Crippen molar-refractivity contribution < 1.29 is 5.11 Å². The zero-order chi connectivity index (χ0) is 13.6. The molecule has 0 radical (unpaired) electrons. The third kappa shape index (κ3) is 3.35. The van der Waals surface area contributed by atoms with Crippen molar-refractivity contribution in [1.29, 1.82) is 0 Å². The lowest BCUT2D eigenvalue weighted by Crippen LogP contribution is -2.32. The van der Waals surface area contributed by atoms with Gasteiger partial charge in [-0.05, 0) is 25.0 Å². The fraction of sp³-hybridized carbons (Fsp3) is 0.643. The summed E-state index contributed by atoms with van der Waals surface area (Å²) in [6.45, 7) is 5.22. The number of aliphatic hydroxyl groups is 1. The van der Waals surface area contributed by atoms with Crippen molar-refractivity contribution in [3.8, 4) is 0 Å². The first kappa shape index (κ1) is 14.8. The molecule has 2 N–H and O–H groups in total. The standard InChI is InChI=1S/C14H25N3O/c1-5-14(6-2,11-18)10-16-12-8-7-9-15-13(12)17(3)4/h7-9,16,18H,5-6,10-11H2,1-4H3. The lowest BCUT2D eigenvalue weighted by atomic mass is 9.83. The Kier molecular flexibility index (Phi) is 5.41. The maximum Gasteiger partial charge on any atom is 0.151 e. The molecule has 18 heavy (non-hydrogen) atoms. The van der Waals surface area contributed by atoms with Crippen molar-refractivity contribution in [3.63, 3.8) is 0 Å². The van der Waals surface area contributed by atoms with Crippen LogP contribution in [0.15, 0.2) is 18.3 Å². The fourth-order valence-corrected chi connectivity index (χ4v) is 1.95. The van der Waals surface area contributed by atoms with E-state index < -0.39 is 0 Å². The van der Waals surface area contributed by atoms with Crippen LogP contribution in [0.1, 0.15) is 26.7 Å². The van der Waals surface area contributed by atoms with Crippen LogP contribution in [-0.2, 0) is 0 Å². The Balaban J connectivity index is 2.79. The summed E-state index contributed by atoms with van der Waals surface area (Å²) in [5.41, 5.74) is 0.974. The second-order valence-corrected chi connectivity index (χ2v) is 4.99. The summed E-state index contributed by atoms with van der Waals surface area (Å²) in [6.07, 6.45) is 3.72. The molecular formula is C14H25N3O. The molecule has 0 saturated carbocycles. The molecule has 0 unspecified atom stereocenters. The maximum absolute atomic E-state index is 9.57. The third-order valence-corrected chi connectivity index (χ3v) is 3.70. The van der Waals surface area contributed by atoms with Crippen LogP contribution < -0.4 is 10.2 Å². The van der Waals surface area contributed by atoms with Crippen molar-refractivity contribution >= 4 is 11.5 Å². The molecule has 0 spiro atoms. The van der Waals surface area contributed by atoms with Crippen molar-refractivity contribution in [2.75, 3.05) is 37.5 Å². The lowest BCUT2D eigenvalue weighted by Gasteiger charge is -2.30. The number of hydrogen-bond acceptors (Lipinski definition) is 4. The Morgan fingerprint density at radius 3 is 2.50 bits per heavy atom. The van der Waals surface area contributed by atoms with E-state index in [2.05, 4.69) is 24.1 Å². The van der Waals surface area contributed by atoms with Gasteiger partial charge in [0.05, 0.1) is 12.3 Å². The molecule has 1 aromatic rings. The summed E-state index contributed by atoms with van der Waals surface area (Å²) in [6, 6.07) is 3.95. The molecule has 1 heterocycles. The van der Waals surface area contributed by atoms with Gasteiger partial charge in [0.15, 0.2) is 5.82 Å². The summed E-state index contributed by atoms with van der Waals surface area (Å²) in [4.78, 5) is 6.34. The number of pyridine rings is 1. The number of aromatic nitrogens is 1. The zero-order valence-electron chi connectivity index (χ0n) is 11.9. The van der Waals surface area contributed by atoms with Gasteiger partial charge < -0.3 is 15.3 Å². The van der Waals surface area contributed by atoms with Crippen LogP contribution in [0.4, 0.5) is 11.5 Å². The Morgan fingerprint density at radius 1 is 1.33 bits per heavy atom. The lowest BCUT2D eigenvalue weighted by molar-refractivity contribution is 0.127. The number of nitrogens with zero attached hydrogens (tertiary/aromatic N) is 2. The van der Waals surface area contributed by atoms with Crippen LogP contribution in [0.25, 0.3) is 0 Å². The summed E-state index contributed by atoms with van der Waals surface area (Å²) < 4.78 is 0. The van der Waals surface area contributed by atoms with E-state index in [1.165, 1.54) is 0 Å². The first-order valence-electron chi connectivity index (χ1n) is 6.55. The van der Waals surface area contributed by atoms with Crippen molar-refractivity contribution in [2.24, 2.45) is 5.41 Å². The summed E-state index contributed by atoms with van der Waals surface area (Å²) in [5.74, 6) is 0.927. The average molecular weight is 251 g/mol. The Labute approximate surface area is 110 Å². The molecule has 102 valence electrons. The SMILES string of the molecule is CCC(CC)(CO)CNc1cccnc1N(C)C. The smallest absolute Gasteiger partial charge is 0.151 e. The van der Waals surface area contributed by atoms with Gasteiger partial charge in [-0.15, -0.1) is 0 Å². The topological polar surface area (TPSA) is 48.4 Å². The molecular weight excluding hydrogens is 226 g/mol. The highest BCUT2D eigenvalue weighted by Crippen LogP contribution is 2.28. The van der Waals surface area contributed by atoms with Crippen molar-refractivity contribution in [3.05, 3.63) is 18.3 Å². The van der Waals surface area contributed by atoms with Gasteiger partial charge in [0.1, 0.15) is 0 Å². The zero-order valence-corrected chi connectivity index (χ0v) is 11.9. The molecule has 0 aliphatic carbocycles. The molecule has 0 aromatic carbocycles. The average Bonchev–Trinajstić information content (AvgIpc) is 2.41. The molecule has 0 aliphatic heterocycles. The van der Waals surface area contributed by atoms with E-state index in [-0.39, 0.29) is 12.0 Å². The Morgan fingerprint density at radius 2 is 2.00 bits per heavy atom. The van der Waals surface area contributed by atoms with E-state index in [9.17, 15) is 5.11 Å². The second-order valence-electron chi connectivity index (χ2n) is 4.99. The van der Waals surface area contributed by atoms with Crippen molar-refractivity contribution in [1.82, 2.24) is 4.98 Å². The highest BCUT2D eigenvalue weighted by molar-refractivity contribution is 5.64. The predicted molar refractivity (Wildman–Crippen MR) is 77.2 cm³/mol. The summed E-state index contributed by atoms with van der Waals surface area (Å²) >= 11 is 0. The fourth-order valence-electron chi connectivity index (χ4n) is 1.95. The largest absolute Gasteiger partial charge is 0.396 e. The number of rotatable bonds is 7. The minimum Gasteiger partial charge on any atom is -0.396 e. The number of aliphatic hydroxyl groups excluding tert-OH is 1. The highest BCUT2D eigenvalue weighted by atomic mass is 16.3. The van der Waals surface area contributed by atoms with Crippen LogP contribution in [0.2, 0.25) is 0 Å². The van der Waals surface area contributed by atoms with E-state index >= 15 is 0 Å². The first-order chi connectivity index (χ1) is 8.58. The van der Waals surface area contributed by atoms with Gasteiger partial charge in [0, 0.05) is 32.3 Å². The van der Waals surface area contributed by atoms with Gasteiger partial charge in [-0.1, -0.05) is 13.8 Å². The molecule has 0 aliphatic rings. The molecule has 0 atom stereocenters. The molecule has 0 bridgehead atoms. The molecule has 1 rings (SSSR count). The molecule has 0 amide bonds. The van der Waals surface area contributed by atoms with Gasteiger partial charge in [-0.25, -0.2) is 4.98 Å². The van der Waals surface area contributed by atoms with Crippen LogP contribution in [0, 0.1) is 5.41 Å². The molecule has 4 nitrogen and oxygen atoms in total. The maximum atomic E-state index is 9.57. The predicted octanol–water partition coefficient (Wildman–Crippen LogP) is 2.36.